The molecule has 114 valence electrons. The van der Waals surface area contributed by atoms with Crippen LogP contribution in [-0.2, 0) is 11.3 Å². The molecule has 0 saturated carbocycles. The summed E-state index contributed by atoms with van der Waals surface area (Å²) in [4.78, 5) is 22.6. The Morgan fingerprint density at radius 1 is 1.23 bits per heavy atom. The maximum atomic E-state index is 13.4. The van der Waals surface area contributed by atoms with E-state index in [1.165, 1.54) is 0 Å². The van der Waals surface area contributed by atoms with Crippen molar-refractivity contribution in [3.8, 4) is 0 Å². The van der Waals surface area contributed by atoms with Crippen molar-refractivity contribution in [1.82, 2.24) is 0 Å². The highest BCUT2D eigenvalue weighted by atomic mass is 79.9. The Bertz CT molecular complexity index is 706. The Morgan fingerprint density at radius 2 is 1.91 bits per heavy atom. The fourth-order valence-electron chi connectivity index (χ4n) is 1.68. The Balaban J connectivity index is 2.05. The van der Waals surface area contributed by atoms with Gasteiger partial charge in [0.25, 0.3) is 0 Å². The standard InChI is InChI=1S/C15H11BrFNO4/c16-11-7-12(17)10(14(19)20)6-13(11)18-15(21)22-8-9-4-2-1-3-5-9/h1-7H,8H2,(H,18,21)(H,19,20). The van der Waals surface area contributed by atoms with E-state index in [4.69, 9.17) is 9.84 Å². The summed E-state index contributed by atoms with van der Waals surface area (Å²) in [5.41, 5.74) is 0.375. The van der Waals surface area contributed by atoms with Crippen molar-refractivity contribution in [2.75, 3.05) is 5.32 Å². The molecule has 2 aromatic carbocycles. The lowest BCUT2D eigenvalue weighted by Gasteiger charge is -2.10. The van der Waals surface area contributed by atoms with Crippen LogP contribution in [0.5, 0.6) is 0 Å². The first kappa shape index (κ1) is 16.0. The summed E-state index contributed by atoms with van der Waals surface area (Å²) in [6.45, 7) is 0.0667. The SMILES string of the molecule is O=C(Nc1cc(C(=O)O)c(F)cc1Br)OCc1ccccc1. The van der Waals surface area contributed by atoms with Gasteiger partial charge in [0.05, 0.1) is 11.3 Å². The van der Waals surface area contributed by atoms with Gasteiger partial charge in [-0.1, -0.05) is 30.3 Å². The van der Waals surface area contributed by atoms with Crippen LogP contribution in [0, 0.1) is 5.82 Å². The lowest BCUT2D eigenvalue weighted by Crippen LogP contribution is -2.15. The van der Waals surface area contributed by atoms with E-state index in [0.29, 0.717) is 0 Å². The van der Waals surface area contributed by atoms with Crippen molar-refractivity contribution in [2.24, 2.45) is 0 Å². The highest BCUT2D eigenvalue weighted by Gasteiger charge is 2.15. The third-order valence-corrected chi connectivity index (χ3v) is 3.39. The molecule has 0 radical (unpaired) electrons. The van der Waals surface area contributed by atoms with E-state index in [9.17, 15) is 14.0 Å². The fourth-order valence-corrected chi connectivity index (χ4v) is 2.09. The highest BCUT2D eigenvalue weighted by Crippen LogP contribution is 2.26. The molecule has 5 nitrogen and oxygen atoms in total. The molecule has 0 aliphatic carbocycles. The molecule has 0 heterocycles. The molecule has 0 saturated heterocycles. The molecule has 0 aliphatic heterocycles. The molecule has 22 heavy (non-hydrogen) atoms. The van der Waals surface area contributed by atoms with Gasteiger partial charge in [-0.2, -0.15) is 0 Å². The van der Waals surface area contributed by atoms with Gasteiger partial charge < -0.3 is 9.84 Å². The van der Waals surface area contributed by atoms with Crippen molar-refractivity contribution >= 4 is 33.7 Å². The number of carboxylic acids is 1. The van der Waals surface area contributed by atoms with Gasteiger partial charge in [-0.25, -0.2) is 14.0 Å². The molecule has 0 aromatic heterocycles. The minimum absolute atomic E-state index is 0.0667. The molecule has 0 spiro atoms. The van der Waals surface area contributed by atoms with Gasteiger partial charge in [0, 0.05) is 4.47 Å². The summed E-state index contributed by atoms with van der Waals surface area (Å²) in [6, 6.07) is 11.0. The number of aromatic carboxylic acids is 1. The van der Waals surface area contributed by atoms with E-state index in [-0.39, 0.29) is 16.8 Å². The Morgan fingerprint density at radius 3 is 2.55 bits per heavy atom. The normalized spacial score (nSPS) is 10.1. The first-order valence-electron chi connectivity index (χ1n) is 6.17. The van der Waals surface area contributed by atoms with Crippen LogP contribution in [0.15, 0.2) is 46.9 Å². The van der Waals surface area contributed by atoms with Gasteiger partial charge in [-0.3, -0.25) is 5.32 Å². The fraction of sp³-hybridized carbons (Fsp3) is 0.0667. The number of ether oxygens (including phenoxy) is 1. The number of halogens is 2. The molecule has 7 heteroatoms. The number of nitrogens with one attached hydrogen (secondary N) is 1. The summed E-state index contributed by atoms with van der Waals surface area (Å²) >= 11 is 3.05. The van der Waals surface area contributed by atoms with E-state index in [0.717, 1.165) is 17.7 Å². The van der Waals surface area contributed by atoms with Crippen LogP contribution >= 0.6 is 15.9 Å². The van der Waals surface area contributed by atoms with E-state index < -0.39 is 23.4 Å². The van der Waals surface area contributed by atoms with Crippen LogP contribution in [0.1, 0.15) is 15.9 Å². The zero-order valence-electron chi connectivity index (χ0n) is 11.2. The third kappa shape index (κ3) is 4.05. The van der Waals surface area contributed by atoms with Crippen molar-refractivity contribution in [1.29, 1.82) is 0 Å². The van der Waals surface area contributed by atoms with Gasteiger partial charge in [0.1, 0.15) is 12.4 Å². The molecular formula is C15H11BrFNO4. The molecule has 2 aromatic rings. The summed E-state index contributed by atoms with van der Waals surface area (Å²) < 4.78 is 18.7. The molecule has 0 unspecified atom stereocenters. The molecule has 2 rings (SSSR count). The third-order valence-electron chi connectivity index (χ3n) is 2.74. The summed E-state index contributed by atoms with van der Waals surface area (Å²) in [7, 11) is 0. The summed E-state index contributed by atoms with van der Waals surface area (Å²) in [6.07, 6.45) is -0.771. The first-order chi connectivity index (χ1) is 10.5. The monoisotopic (exact) mass is 367 g/mol. The number of rotatable bonds is 4. The molecule has 0 bridgehead atoms. The van der Waals surface area contributed by atoms with E-state index in [2.05, 4.69) is 21.2 Å². The second-order valence-corrected chi connectivity index (χ2v) is 5.16. The van der Waals surface area contributed by atoms with Crippen LogP contribution in [0.25, 0.3) is 0 Å². The van der Waals surface area contributed by atoms with Crippen LogP contribution in [-0.4, -0.2) is 17.2 Å². The van der Waals surface area contributed by atoms with E-state index in [1.54, 1.807) is 12.1 Å². The number of benzene rings is 2. The molecular weight excluding hydrogens is 357 g/mol. The van der Waals surface area contributed by atoms with Gasteiger partial charge >= 0.3 is 12.1 Å². The number of carboxylic acid groups (broad SMARTS) is 1. The molecule has 0 aliphatic rings. The van der Waals surface area contributed by atoms with Crippen LogP contribution in [0.2, 0.25) is 0 Å². The summed E-state index contributed by atoms with van der Waals surface area (Å²) in [5, 5.41) is 11.2. The van der Waals surface area contributed by atoms with Crippen molar-refractivity contribution in [3.63, 3.8) is 0 Å². The van der Waals surface area contributed by atoms with Gasteiger partial charge in [0.2, 0.25) is 0 Å². The Kier molecular flexibility index (Phi) is 5.11. The molecule has 2 N–H and O–H groups in total. The second kappa shape index (κ2) is 7.04. The van der Waals surface area contributed by atoms with Gasteiger partial charge in [-0.15, -0.1) is 0 Å². The van der Waals surface area contributed by atoms with Crippen LogP contribution < -0.4 is 5.32 Å². The average molecular weight is 368 g/mol. The number of amides is 1. The Labute approximate surface area is 133 Å². The second-order valence-electron chi connectivity index (χ2n) is 4.30. The number of hydrogen-bond donors (Lipinski definition) is 2. The van der Waals surface area contributed by atoms with E-state index in [1.807, 2.05) is 18.2 Å². The average Bonchev–Trinajstić information content (AvgIpc) is 2.48. The topological polar surface area (TPSA) is 75.6 Å². The Hall–Kier alpha value is -2.41. The van der Waals surface area contributed by atoms with Gasteiger partial charge in [0.15, 0.2) is 0 Å². The molecule has 0 fully saturated rings. The minimum Gasteiger partial charge on any atom is -0.478 e. The van der Waals surface area contributed by atoms with Gasteiger partial charge in [-0.05, 0) is 33.6 Å². The van der Waals surface area contributed by atoms with Crippen molar-refractivity contribution in [2.45, 2.75) is 6.61 Å². The maximum Gasteiger partial charge on any atom is 0.411 e. The number of anilines is 1. The van der Waals surface area contributed by atoms with E-state index >= 15 is 0 Å². The largest absolute Gasteiger partial charge is 0.478 e. The van der Waals surface area contributed by atoms with Crippen LogP contribution in [0.4, 0.5) is 14.9 Å². The molecule has 1 amide bonds. The zero-order valence-corrected chi connectivity index (χ0v) is 12.8. The van der Waals surface area contributed by atoms with Crippen molar-refractivity contribution < 1.29 is 23.8 Å². The highest BCUT2D eigenvalue weighted by molar-refractivity contribution is 9.10. The molecule has 0 atom stereocenters. The predicted molar refractivity (Wildman–Crippen MR) is 81.3 cm³/mol. The minimum atomic E-state index is -1.43. The predicted octanol–water partition coefficient (Wildman–Crippen LogP) is 4.04. The number of hydrogen-bond acceptors (Lipinski definition) is 3. The quantitative estimate of drug-likeness (QED) is 0.854. The number of carbonyl (C=O) groups is 2. The van der Waals surface area contributed by atoms with Crippen molar-refractivity contribution in [3.05, 3.63) is 63.9 Å². The van der Waals surface area contributed by atoms with Crippen LogP contribution in [0.3, 0.4) is 0 Å². The lowest BCUT2D eigenvalue weighted by atomic mass is 10.2. The summed E-state index contributed by atoms with van der Waals surface area (Å²) in [5.74, 6) is -2.33. The first-order valence-corrected chi connectivity index (χ1v) is 6.96. The maximum absolute atomic E-state index is 13.4. The number of carbonyl (C=O) groups excluding carboxylic acids is 1. The zero-order chi connectivity index (χ0) is 16.1. The smallest absolute Gasteiger partial charge is 0.411 e. The lowest BCUT2D eigenvalue weighted by molar-refractivity contribution is 0.0691.